The Morgan fingerprint density at radius 1 is 1.04 bits per heavy atom. The van der Waals surface area contributed by atoms with Crippen LogP contribution in [0.3, 0.4) is 0 Å². The van der Waals surface area contributed by atoms with Gasteiger partial charge in [-0.1, -0.05) is 0 Å². The van der Waals surface area contributed by atoms with Gasteiger partial charge in [0.2, 0.25) is 0 Å². The number of aromatic hydroxyl groups is 1. The molecule has 0 spiro atoms. The molecule has 0 aliphatic rings. The van der Waals surface area contributed by atoms with Gasteiger partial charge in [0.05, 0.1) is 11.4 Å². The summed E-state index contributed by atoms with van der Waals surface area (Å²) in [5.41, 5.74) is -0.847. The van der Waals surface area contributed by atoms with Gasteiger partial charge in [-0.15, -0.1) is 0 Å². The Bertz CT molecular complexity index is 1150. The molecule has 0 amide bonds. The second-order valence-corrected chi connectivity index (χ2v) is 6.24. The molecule has 0 saturated heterocycles. The number of phenolic OH excluding ortho intramolecular Hbond substituents is 1. The van der Waals surface area contributed by atoms with Gasteiger partial charge in [-0.05, 0) is 37.6 Å². The minimum absolute atomic E-state index is 0.0384. The fourth-order valence-corrected chi connectivity index (χ4v) is 3.18. The third kappa shape index (κ3) is 2.79. The Kier molecular flexibility index (Phi) is 4.62. The maximum absolute atomic E-state index is 14.6. The highest BCUT2D eigenvalue weighted by Crippen LogP contribution is 2.38. The van der Waals surface area contributed by atoms with Crippen molar-refractivity contribution in [2.75, 3.05) is 0 Å². The number of rotatable bonds is 3. The van der Waals surface area contributed by atoms with Crippen molar-refractivity contribution < 1.29 is 37.4 Å². The predicted octanol–water partition coefficient (Wildman–Crippen LogP) is 4.09. The van der Waals surface area contributed by atoms with Crippen molar-refractivity contribution in [2.24, 2.45) is 0 Å². The Morgan fingerprint density at radius 3 is 2.25 bits per heavy atom. The van der Waals surface area contributed by atoms with Crippen molar-refractivity contribution in [1.82, 2.24) is 4.57 Å². The van der Waals surface area contributed by atoms with Gasteiger partial charge in [0.1, 0.15) is 0 Å². The van der Waals surface area contributed by atoms with Crippen molar-refractivity contribution >= 4 is 22.8 Å². The number of fused-ring (bicyclic) bond motifs is 1. The smallest absolute Gasteiger partial charge is 0.310 e. The summed E-state index contributed by atoms with van der Waals surface area (Å²) in [4.78, 5) is 24.3. The lowest BCUT2D eigenvalue weighted by molar-refractivity contribution is -0.138. The number of carbonyl (C=O) groups excluding carboxylic acids is 1. The summed E-state index contributed by atoms with van der Waals surface area (Å²) in [5, 5.41) is 18.5. The molecule has 3 aromatic rings. The van der Waals surface area contributed by atoms with E-state index in [0.717, 1.165) is 16.7 Å². The first-order valence-electron chi connectivity index (χ1n) is 8.00. The van der Waals surface area contributed by atoms with Crippen LogP contribution in [0.5, 0.6) is 5.75 Å². The average Bonchev–Trinajstić information content (AvgIpc) is 2.92. The van der Waals surface area contributed by atoms with Crippen molar-refractivity contribution in [3.63, 3.8) is 0 Å². The highest BCUT2D eigenvalue weighted by molar-refractivity contribution is 6.05. The minimum atomic E-state index is -1.42. The first-order valence-corrected chi connectivity index (χ1v) is 8.00. The number of aliphatic carboxylic acids is 1. The third-order valence-electron chi connectivity index (χ3n) is 4.58. The van der Waals surface area contributed by atoms with E-state index in [4.69, 9.17) is 0 Å². The SMILES string of the molecule is Cc1c([C@H](C)C(=O)O)c2c(F)c(O)c(F)cc2n1C(=O)c1ccc(F)c(F)c1. The second kappa shape index (κ2) is 6.66. The highest BCUT2D eigenvalue weighted by Gasteiger charge is 2.30. The van der Waals surface area contributed by atoms with Crippen LogP contribution in [0.4, 0.5) is 17.6 Å². The van der Waals surface area contributed by atoms with E-state index >= 15 is 0 Å². The Labute approximate surface area is 155 Å². The summed E-state index contributed by atoms with van der Waals surface area (Å²) in [6, 6.07) is 3.00. The first kappa shape index (κ1) is 19.4. The molecular formula is C19H13F4NO4. The van der Waals surface area contributed by atoms with E-state index in [1.807, 2.05) is 0 Å². The second-order valence-electron chi connectivity index (χ2n) is 6.24. The van der Waals surface area contributed by atoms with E-state index < -0.39 is 52.2 Å². The number of carboxylic acids is 1. The van der Waals surface area contributed by atoms with Crippen LogP contribution in [0.2, 0.25) is 0 Å². The van der Waals surface area contributed by atoms with Gasteiger partial charge < -0.3 is 10.2 Å². The van der Waals surface area contributed by atoms with Gasteiger partial charge in [0.15, 0.2) is 29.0 Å². The number of nitrogens with zero attached hydrogens (tertiary/aromatic N) is 1. The zero-order chi connectivity index (χ0) is 20.9. The Hall–Kier alpha value is -3.36. The number of carbonyl (C=O) groups is 2. The maximum Gasteiger partial charge on any atom is 0.310 e. The molecule has 0 aliphatic heterocycles. The number of hydrogen-bond acceptors (Lipinski definition) is 3. The van der Waals surface area contributed by atoms with Crippen LogP contribution in [0, 0.1) is 30.2 Å². The molecular weight excluding hydrogens is 382 g/mol. The summed E-state index contributed by atoms with van der Waals surface area (Å²) in [7, 11) is 0. The topological polar surface area (TPSA) is 79.5 Å². The van der Waals surface area contributed by atoms with Gasteiger partial charge in [-0.3, -0.25) is 14.2 Å². The number of benzene rings is 2. The van der Waals surface area contributed by atoms with Crippen LogP contribution < -0.4 is 0 Å². The zero-order valence-electron chi connectivity index (χ0n) is 14.6. The molecule has 28 heavy (non-hydrogen) atoms. The largest absolute Gasteiger partial charge is 0.503 e. The summed E-state index contributed by atoms with van der Waals surface area (Å²) >= 11 is 0. The highest BCUT2D eigenvalue weighted by atomic mass is 19.2. The minimum Gasteiger partial charge on any atom is -0.503 e. The van der Waals surface area contributed by atoms with Crippen LogP contribution in [-0.4, -0.2) is 26.7 Å². The molecule has 0 aliphatic carbocycles. The third-order valence-corrected chi connectivity index (χ3v) is 4.58. The molecule has 5 nitrogen and oxygen atoms in total. The van der Waals surface area contributed by atoms with Crippen molar-refractivity contribution in [2.45, 2.75) is 19.8 Å². The number of halogens is 4. The van der Waals surface area contributed by atoms with Crippen LogP contribution >= 0.6 is 0 Å². The lowest BCUT2D eigenvalue weighted by atomic mass is 9.97. The normalized spacial score (nSPS) is 12.4. The quantitative estimate of drug-likeness (QED) is 0.655. The number of hydrogen-bond donors (Lipinski definition) is 2. The standard InChI is InChI=1S/C19H13F4NO4/c1-7(19(27)28)14-8(2)24(13-6-12(22)17(25)16(23)15(13)14)18(26)9-3-4-10(20)11(21)5-9/h3-7,25H,1-2H3,(H,27,28)/t7-/m0/s1. The molecule has 146 valence electrons. The van der Waals surface area contributed by atoms with Crippen LogP contribution in [0.1, 0.15) is 34.5 Å². The summed E-state index contributed by atoms with van der Waals surface area (Å²) in [5.74, 6) is -10.2. The van der Waals surface area contributed by atoms with E-state index in [-0.39, 0.29) is 22.3 Å². The first-order chi connectivity index (χ1) is 13.1. The van der Waals surface area contributed by atoms with Gasteiger partial charge in [0.25, 0.3) is 5.91 Å². The van der Waals surface area contributed by atoms with Gasteiger partial charge in [-0.2, -0.15) is 0 Å². The van der Waals surface area contributed by atoms with Gasteiger partial charge >= 0.3 is 5.97 Å². The number of carboxylic acid groups (broad SMARTS) is 1. The van der Waals surface area contributed by atoms with Gasteiger partial charge in [0, 0.05) is 22.7 Å². The molecule has 1 heterocycles. The maximum atomic E-state index is 14.6. The van der Waals surface area contributed by atoms with Crippen molar-refractivity contribution in [1.29, 1.82) is 0 Å². The molecule has 0 radical (unpaired) electrons. The lowest BCUT2D eigenvalue weighted by Gasteiger charge is -2.09. The Balaban J connectivity index is 2.39. The molecule has 1 aromatic heterocycles. The summed E-state index contributed by atoms with van der Waals surface area (Å²) in [6.07, 6.45) is 0. The number of aromatic nitrogens is 1. The van der Waals surface area contributed by atoms with E-state index in [1.54, 1.807) is 0 Å². The zero-order valence-corrected chi connectivity index (χ0v) is 14.6. The van der Waals surface area contributed by atoms with Crippen molar-refractivity contribution in [3.8, 4) is 5.75 Å². The predicted molar refractivity (Wildman–Crippen MR) is 90.4 cm³/mol. The molecule has 9 heteroatoms. The summed E-state index contributed by atoms with van der Waals surface area (Å²) < 4.78 is 56.0. The van der Waals surface area contributed by atoms with Crippen molar-refractivity contribution in [3.05, 3.63) is 64.4 Å². The average molecular weight is 395 g/mol. The molecule has 2 N–H and O–H groups in total. The molecule has 1 atom stereocenters. The molecule has 2 aromatic carbocycles. The van der Waals surface area contributed by atoms with Crippen LogP contribution in [0.15, 0.2) is 24.3 Å². The van der Waals surface area contributed by atoms with E-state index in [1.165, 1.54) is 13.8 Å². The molecule has 0 fully saturated rings. The Morgan fingerprint density at radius 2 is 1.68 bits per heavy atom. The van der Waals surface area contributed by atoms with E-state index in [9.17, 15) is 37.4 Å². The van der Waals surface area contributed by atoms with E-state index in [2.05, 4.69) is 0 Å². The summed E-state index contributed by atoms with van der Waals surface area (Å²) in [6.45, 7) is 2.54. The molecule has 0 bridgehead atoms. The number of phenols is 1. The lowest BCUT2D eigenvalue weighted by Crippen LogP contribution is -2.15. The molecule has 3 rings (SSSR count). The fourth-order valence-electron chi connectivity index (χ4n) is 3.18. The molecule has 0 saturated carbocycles. The van der Waals surface area contributed by atoms with Crippen LogP contribution in [0.25, 0.3) is 10.9 Å². The van der Waals surface area contributed by atoms with Crippen LogP contribution in [-0.2, 0) is 4.79 Å². The molecule has 0 unspecified atom stereocenters. The van der Waals surface area contributed by atoms with Gasteiger partial charge in [-0.25, -0.2) is 17.6 Å². The monoisotopic (exact) mass is 395 g/mol. The fraction of sp³-hybridized carbons (Fsp3) is 0.158. The van der Waals surface area contributed by atoms with E-state index in [0.29, 0.717) is 12.1 Å².